The molecule has 0 aromatic heterocycles. The molecule has 58 valence electrons. The molecule has 1 rings (SSSR count). The monoisotopic (exact) mass is 150 g/mol. The molecular weight excluding hydrogens is 142 g/mol. The van der Waals surface area contributed by atoms with Gasteiger partial charge in [-0.25, -0.2) is 4.79 Å². The Morgan fingerprint density at radius 2 is 2.40 bits per heavy atom. The lowest BCUT2D eigenvalue weighted by atomic mass is 10.1. The number of cyclic esters (lactones) is 1. The average molecular weight is 150 g/mol. The van der Waals surface area contributed by atoms with Crippen molar-refractivity contribution in [1.82, 2.24) is 0 Å². The maximum absolute atomic E-state index is 12.3. The summed E-state index contributed by atoms with van der Waals surface area (Å²) in [6.45, 7) is 1.71. The van der Waals surface area contributed by atoms with Gasteiger partial charge in [0.05, 0.1) is 6.42 Å². The second kappa shape index (κ2) is 2.18. The Bertz CT molecular complexity index is 156. The Kier molecular flexibility index (Phi) is 1.62. The fourth-order valence-electron chi connectivity index (χ4n) is 0.876. The maximum Gasteiger partial charge on any atom is 0.377 e. The van der Waals surface area contributed by atoms with Gasteiger partial charge in [0.15, 0.2) is 0 Å². The quantitative estimate of drug-likeness (QED) is 0.527. The normalized spacial score (nSPS) is 30.3. The Balaban J connectivity index is 2.62. The van der Waals surface area contributed by atoms with E-state index in [9.17, 15) is 13.6 Å². The van der Waals surface area contributed by atoms with Crippen LogP contribution in [0.1, 0.15) is 19.8 Å². The van der Waals surface area contributed by atoms with Crippen LogP contribution >= 0.6 is 0 Å². The van der Waals surface area contributed by atoms with Crippen LogP contribution < -0.4 is 0 Å². The molecule has 1 heterocycles. The molecule has 1 fully saturated rings. The average Bonchev–Trinajstić information content (AvgIpc) is 2.08. The SMILES string of the molecule is CCC1CC(F)(F)C(=O)O1. The van der Waals surface area contributed by atoms with Crippen LogP contribution in [0.4, 0.5) is 8.78 Å². The number of ether oxygens (including phenoxy) is 1. The van der Waals surface area contributed by atoms with Gasteiger partial charge in [0, 0.05) is 0 Å². The van der Waals surface area contributed by atoms with Crippen molar-refractivity contribution in [2.75, 3.05) is 0 Å². The predicted molar refractivity (Wildman–Crippen MR) is 29.7 cm³/mol. The number of halogens is 2. The molecular formula is C6H8F2O2. The lowest BCUT2D eigenvalue weighted by molar-refractivity contribution is -0.159. The van der Waals surface area contributed by atoms with Crippen LogP contribution in [0.5, 0.6) is 0 Å². The zero-order valence-corrected chi connectivity index (χ0v) is 5.56. The summed E-state index contributed by atoms with van der Waals surface area (Å²) in [6.07, 6.45) is -0.577. The standard InChI is InChI=1S/C6H8F2O2/c1-2-4-3-6(7,8)5(9)10-4/h4H,2-3H2,1H3. The third kappa shape index (κ3) is 1.10. The van der Waals surface area contributed by atoms with E-state index >= 15 is 0 Å². The summed E-state index contributed by atoms with van der Waals surface area (Å²) in [5.74, 6) is -4.61. The number of carbonyl (C=O) groups is 1. The van der Waals surface area contributed by atoms with Gasteiger partial charge in [0.1, 0.15) is 6.10 Å². The summed E-state index contributed by atoms with van der Waals surface area (Å²) in [6, 6.07) is 0. The van der Waals surface area contributed by atoms with Crippen LogP contribution in [-0.2, 0) is 9.53 Å². The number of esters is 1. The first kappa shape index (κ1) is 7.44. The lowest BCUT2D eigenvalue weighted by Crippen LogP contribution is -2.21. The lowest BCUT2D eigenvalue weighted by Gasteiger charge is -2.01. The second-order valence-corrected chi connectivity index (χ2v) is 2.34. The summed E-state index contributed by atoms with van der Waals surface area (Å²) in [4.78, 5) is 10.3. The van der Waals surface area contributed by atoms with Crippen LogP contribution in [0.25, 0.3) is 0 Å². The van der Waals surface area contributed by atoms with Gasteiger partial charge >= 0.3 is 11.9 Å². The number of hydrogen-bond acceptors (Lipinski definition) is 2. The van der Waals surface area contributed by atoms with E-state index in [1.54, 1.807) is 6.92 Å². The fourth-order valence-corrected chi connectivity index (χ4v) is 0.876. The predicted octanol–water partition coefficient (Wildman–Crippen LogP) is 1.35. The van der Waals surface area contributed by atoms with Gasteiger partial charge in [0.2, 0.25) is 0 Å². The number of hydrogen-bond donors (Lipinski definition) is 0. The smallest absolute Gasteiger partial charge is 0.377 e. The third-order valence-electron chi connectivity index (χ3n) is 1.51. The highest BCUT2D eigenvalue weighted by molar-refractivity contribution is 5.79. The molecule has 1 aliphatic heterocycles. The molecule has 2 nitrogen and oxygen atoms in total. The van der Waals surface area contributed by atoms with Crippen molar-refractivity contribution < 1.29 is 18.3 Å². The van der Waals surface area contributed by atoms with E-state index in [4.69, 9.17) is 0 Å². The molecule has 0 bridgehead atoms. The molecule has 0 aromatic rings. The van der Waals surface area contributed by atoms with Crippen molar-refractivity contribution in [1.29, 1.82) is 0 Å². The summed E-state index contributed by atoms with van der Waals surface area (Å²) in [7, 11) is 0. The Morgan fingerprint density at radius 1 is 1.80 bits per heavy atom. The van der Waals surface area contributed by atoms with Gasteiger partial charge in [-0.15, -0.1) is 0 Å². The minimum absolute atomic E-state index is 0.456. The second-order valence-electron chi connectivity index (χ2n) is 2.34. The molecule has 0 saturated carbocycles. The summed E-state index contributed by atoms with van der Waals surface area (Å²) in [5, 5.41) is 0. The molecule has 1 atom stereocenters. The van der Waals surface area contributed by atoms with Crippen molar-refractivity contribution in [3.8, 4) is 0 Å². The van der Waals surface area contributed by atoms with Gasteiger partial charge in [-0.3, -0.25) is 0 Å². The van der Waals surface area contributed by atoms with Gasteiger partial charge in [-0.2, -0.15) is 8.78 Å². The van der Waals surface area contributed by atoms with Crippen LogP contribution in [0.15, 0.2) is 0 Å². The summed E-state index contributed by atoms with van der Waals surface area (Å²) >= 11 is 0. The van der Waals surface area contributed by atoms with Gasteiger partial charge < -0.3 is 4.74 Å². The Labute approximate surface area is 57.2 Å². The highest BCUT2D eigenvalue weighted by Gasteiger charge is 2.49. The number of rotatable bonds is 1. The number of alkyl halides is 2. The minimum Gasteiger partial charge on any atom is -0.458 e. The minimum atomic E-state index is -3.24. The largest absolute Gasteiger partial charge is 0.458 e. The molecule has 0 radical (unpaired) electrons. The van der Waals surface area contributed by atoms with E-state index in [2.05, 4.69) is 4.74 Å². The molecule has 10 heavy (non-hydrogen) atoms. The molecule has 0 spiro atoms. The summed E-state index contributed by atoms with van der Waals surface area (Å²) in [5.41, 5.74) is 0. The van der Waals surface area contributed by atoms with Gasteiger partial charge in [-0.1, -0.05) is 6.92 Å². The summed E-state index contributed by atoms with van der Waals surface area (Å²) < 4.78 is 28.9. The van der Waals surface area contributed by atoms with Crippen molar-refractivity contribution in [2.24, 2.45) is 0 Å². The highest BCUT2D eigenvalue weighted by Crippen LogP contribution is 2.31. The first-order chi connectivity index (χ1) is 4.56. The van der Waals surface area contributed by atoms with Crippen molar-refractivity contribution >= 4 is 5.97 Å². The van der Waals surface area contributed by atoms with E-state index < -0.39 is 24.4 Å². The molecule has 1 saturated heterocycles. The Morgan fingerprint density at radius 3 is 2.60 bits per heavy atom. The number of carbonyl (C=O) groups excluding carboxylic acids is 1. The molecule has 1 unspecified atom stereocenters. The zero-order chi connectivity index (χ0) is 7.78. The van der Waals surface area contributed by atoms with Crippen LogP contribution in [0, 0.1) is 0 Å². The first-order valence-electron chi connectivity index (χ1n) is 3.15. The third-order valence-corrected chi connectivity index (χ3v) is 1.51. The van der Waals surface area contributed by atoms with Crippen molar-refractivity contribution in [3.05, 3.63) is 0 Å². The van der Waals surface area contributed by atoms with Crippen LogP contribution in [0.3, 0.4) is 0 Å². The van der Waals surface area contributed by atoms with E-state index in [0.717, 1.165) is 0 Å². The van der Waals surface area contributed by atoms with Gasteiger partial charge in [0.25, 0.3) is 0 Å². The molecule has 0 aromatic carbocycles. The molecule has 0 amide bonds. The topological polar surface area (TPSA) is 26.3 Å². The van der Waals surface area contributed by atoms with Gasteiger partial charge in [-0.05, 0) is 6.42 Å². The Hall–Kier alpha value is -0.670. The van der Waals surface area contributed by atoms with E-state index in [1.807, 2.05) is 0 Å². The zero-order valence-electron chi connectivity index (χ0n) is 5.56. The van der Waals surface area contributed by atoms with E-state index in [-0.39, 0.29) is 0 Å². The molecule has 1 aliphatic rings. The van der Waals surface area contributed by atoms with E-state index in [1.165, 1.54) is 0 Å². The fraction of sp³-hybridized carbons (Fsp3) is 0.833. The van der Waals surface area contributed by atoms with Crippen LogP contribution in [0.2, 0.25) is 0 Å². The van der Waals surface area contributed by atoms with E-state index in [0.29, 0.717) is 6.42 Å². The first-order valence-corrected chi connectivity index (χ1v) is 3.15. The van der Waals surface area contributed by atoms with Crippen LogP contribution in [-0.4, -0.2) is 18.0 Å². The van der Waals surface area contributed by atoms with Crippen molar-refractivity contribution in [3.63, 3.8) is 0 Å². The molecule has 4 heteroatoms. The molecule has 0 aliphatic carbocycles. The highest BCUT2D eigenvalue weighted by atomic mass is 19.3. The van der Waals surface area contributed by atoms with Crippen molar-refractivity contribution in [2.45, 2.75) is 31.8 Å². The maximum atomic E-state index is 12.3. The molecule has 0 N–H and O–H groups in total.